The fourth-order valence-electron chi connectivity index (χ4n) is 4.20. The van der Waals surface area contributed by atoms with E-state index in [4.69, 9.17) is 15.2 Å². The fraction of sp³-hybridized carbons (Fsp3) is 0.107. The summed E-state index contributed by atoms with van der Waals surface area (Å²) in [5.74, 6) is 0.903. The molecule has 34 heavy (non-hydrogen) atoms. The second kappa shape index (κ2) is 8.72. The Kier molecular flexibility index (Phi) is 5.44. The lowest BCUT2D eigenvalue weighted by Gasteiger charge is -2.28. The van der Waals surface area contributed by atoms with Crippen LogP contribution >= 0.6 is 0 Å². The molecule has 0 saturated carbocycles. The Morgan fingerprint density at radius 2 is 1.71 bits per heavy atom. The van der Waals surface area contributed by atoms with Crippen molar-refractivity contribution in [2.45, 2.75) is 12.8 Å². The molecule has 6 nitrogen and oxygen atoms in total. The molecule has 0 bridgehead atoms. The van der Waals surface area contributed by atoms with E-state index in [1.807, 2.05) is 85.8 Å². The van der Waals surface area contributed by atoms with E-state index in [1.165, 1.54) is 0 Å². The van der Waals surface area contributed by atoms with Gasteiger partial charge in [0.05, 0.1) is 18.7 Å². The first-order valence-corrected chi connectivity index (χ1v) is 10.8. The zero-order valence-electron chi connectivity index (χ0n) is 18.8. The van der Waals surface area contributed by atoms with Gasteiger partial charge >= 0.3 is 0 Å². The van der Waals surface area contributed by atoms with E-state index in [2.05, 4.69) is 16.3 Å². The highest BCUT2D eigenvalue weighted by atomic mass is 16.5. The van der Waals surface area contributed by atoms with Crippen molar-refractivity contribution in [3.05, 3.63) is 107 Å². The van der Waals surface area contributed by atoms with Crippen molar-refractivity contribution in [1.82, 2.24) is 0 Å². The second-order valence-electron chi connectivity index (χ2n) is 8.10. The van der Waals surface area contributed by atoms with Gasteiger partial charge in [0.15, 0.2) is 5.75 Å². The summed E-state index contributed by atoms with van der Waals surface area (Å²) in [6.07, 6.45) is 0. The molecular weight excluding hydrogens is 424 g/mol. The molecule has 0 amide bonds. The molecule has 0 radical (unpaired) electrons. The number of methoxy groups -OCH3 is 1. The maximum absolute atomic E-state index is 9.94. The average Bonchev–Trinajstić information content (AvgIpc) is 2.87. The van der Waals surface area contributed by atoms with E-state index < -0.39 is 5.92 Å². The van der Waals surface area contributed by atoms with Crippen LogP contribution in [0.5, 0.6) is 11.5 Å². The summed E-state index contributed by atoms with van der Waals surface area (Å²) in [4.78, 5) is 0. The minimum atomic E-state index is -0.405. The van der Waals surface area contributed by atoms with Gasteiger partial charge in [0.25, 0.3) is 0 Å². The van der Waals surface area contributed by atoms with E-state index in [-0.39, 0.29) is 5.88 Å². The summed E-state index contributed by atoms with van der Waals surface area (Å²) in [5.41, 5.74) is 10.8. The third-order valence-corrected chi connectivity index (χ3v) is 5.95. The molecule has 4 aromatic rings. The fourth-order valence-corrected chi connectivity index (χ4v) is 4.20. The summed E-state index contributed by atoms with van der Waals surface area (Å²) >= 11 is 0. The summed E-state index contributed by atoms with van der Waals surface area (Å²) in [6.45, 7) is 2.02. The second-order valence-corrected chi connectivity index (χ2v) is 8.10. The number of nitriles is 1. The number of hydrogen-bond donors (Lipinski definition) is 1. The zero-order valence-corrected chi connectivity index (χ0v) is 18.8. The molecule has 0 spiro atoms. The minimum Gasteiger partial charge on any atom is -0.497 e. The highest BCUT2D eigenvalue weighted by molar-refractivity contribution is 5.97. The Bertz CT molecular complexity index is 1480. The van der Waals surface area contributed by atoms with Crippen LogP contribution in [-0.4, -0.2) is 7.11 Å². The van der Waals surface area contributed by atoms with E-state index in [9.17, 15) is 5.26 Å². The zero-order chi connectivity index (χ0) is 23.7. The van der Waals surface area contributed by atoms with Gasteiger partial charge in [0.2, 0.25) is 5.88 Å². The number of nitrogens with two attached hydrogens (primary N) is 1. The Balaban J connectivity index is 1.73. The van der Waals surface area contributed by atoms with Crippen molar-refractivity contribution in [1.29, 1.82) is 5.26 Å². The quantitative estimate of drug-likeness (QED) is 0.349. The van der Waals surface area contributed by atoms with E-state index in [0.29, 0.717) is 17.0 Å². The molecule has 1 heterocycles. The Morgan fingerprint density at radius 3 is 2.41 bits per heavy atom. The van der Waals surface area contributed by atoms with Crippen LogP contribution in [0.4, 0.5) is 11.4 Å². The highest BCUT2D eigenvalue weighted by Gasteiger charge is 2.33. The van der Waals surface area contributed by atoms with Crippen molar-refractivity contribution >= 4 is 22.1 Å². The van der Waals surface area contributed by atoms with Gasteiger partial charge in [-0.15, -0.1) is 5.11 Å². The molecule has 0 saturated heterocycles. The van der Waals surface area contributed by atoms with Crippen LogP contribution in [0.3, 0.4) is 0 Å². The van der Waals surface area contributed by atoms with Gasteiger partial charge < -0.3 is 15.2 Å². The Hall–Kier alpha value is -4.63. The molecule has 2 N–H and O–H groups in total. The van der Waals surface area contributed by atoms with Gasteiger partial charge in [0.1, 0.15) is 23.1 Å². The van der Waals surface area contributed by atoms with Crippen LogP contribution in [0.15, 0.2) is 101 Å². The third-order valence-electron chi connectivity index (χ3n) is 5.95. The number of azo groups is 1. The topological polar surface area (TPSA) is 93.0 Å². The van der Waals surface area contributed by atoms with E-state index in [0.717, 1.165) is 38.9 Å². The van der Waals surface area contributed by atoms with Crippen LogP contribution in [0, 0.1) is 18.3 Å². The first kappa shape index (κ1) is 21.2. The number of benzene rings is 4. The smallest absolute Gasteiger partial charge is 0.205 e. The number of hydrogen-bond acceptors (Lipinski definition) is 6. The third kappa shape index (κ3) is 3.74. The van der Waals surface area contributed by atoms with Crippen LogP contribution in [0.25, 0.3) is 10.8 Å². The van der Waals surface area contributed by atoms with E-state index in [1.54, 1.807) is 7.11 Å². The molecule has 0 aliphatic carbocycles. The Labute approximate surface area is 197 Å². The predicted molar refractivity (Wildman–Crippen MR) is 132 cm³/mol. The summed E-state index contributed by atoms with van der Waals surface area (Å²) < 4.78 is 11.3. The number of fused-ring (bicyclic) bond motifs is 2. The minimum absolute atomic E-state index is 0.0675. The lowest BCUT2D eigenvalue weighted by atomic mass is 9.82. The lowest BCUT2D eigenvalue weighted by Crippen LogP contribution is -2.21. The van der Waals surface area contributed by atoms with Gasteiger partial charge in [-0.2, -0.15) is 10.4 Å². The van der Waals surface area contributed by atoms with Crippen molar-refractivity contribution in [2.24, 2.45) is 16.0 Å². The highest BCUT2D eigenvalue weighted by Crippen LogP contribution is 2.50. The van der Waals surface area contributed by atoms with Crippen molar-refractivity contribution < 1.29 is 9.47 Å². The summed E-state index contributed by atoms with van der Waals surface area (Å²) in [7, 11) is 1.62. The van der Waals surface area contributed by atoms with Crippen molar-refractivity contribution in [2.75, 3.05) is 7.11 Å². The molecule has 1 atom stereocenters. The molecule has 1 aliphatic heterocycles. The van der Waals surface area contributed by atoms with Gasteiger partial charge in [-0.05, 0) is 48.2 Å². The number of ether oxygens (including phenoxy) is 2. The molecule has 5 rings (SSSR count). The molecule has 0 fully saturated rings. The maximum atomic E-state index is 9.94. The standard InChI is InChI=1S/C28H22N4O2/c1-17-7-11-20(12-8-17)31-32-26-22-6-4-3-5-19(22)15-23-25(18-9-13-21(33-2)14-10-18)24(16-29)28(30)34-27(23)26/h3-15,25H,30H2,1-2H3. The molecule has 4 aromatic carbocycles. The molecule has 1 aliphatic rings. The molecular formula is C28H22N4O2. The number of aryl methyl sites for hydroxylation is 1. The van der Waals surface area contributed by atoms with Crippen molar-refractivity contribution in [3.8, 4) is 17.6 Å². The van der Waals surface area contributed by atoms with Gasteiger partial charge in [-0.25, -0.2) is 0 Å². The molecule has 6 heteroatoms. The summed E-state index contributed by atoms with van der Waals surface area (Å²) in [5, 5.41) is 20.9. The normalized spacial score (nSPS) is 15.1. The first-order valence-electron chi connectivity index (χ1n) is 10.8. The lowest BCUT2D eigenvalue weighted by molar-refractivity contribution is 0.395. The maximum Gasteiger partial charge on any atom is 0.205 e. The SMILES string of the molecule is COc1ccc(C2C(C#N)=C(N)Oc3c2cc2ccccc2c3N=Nc2ccc(C)cc2)cc1. The van der Waals surface area contributed by atoms with Gasteiger partial charge in [-0.3, -0.25) is 0 Å². The number of allylic oxidation sites excluding steroid dienone is 1. The largest absolute Gasteiger partial charge is 0.497 e. The van der Waals surface area contributed by atoms with Crippen LogP contribution < -0.4 is 15.2 Å². The van der Waals surface area contributed by atoms with Crippen LogP contribution in [0.1, 0.15) is 22.6 Å². The predicted octanol–water partition coefficient (Wildman–Crippen LogP) is 6.79. The van der Waals surface area contributed by atoms with Crippen molar-refractivity contribution in [3.63, 3.8) is 0 Å². The first-order chi connectivity index (χ1) is 16.6. The molecule has 166 valence electrons. The van der Waals surface area contributed by atoms with Crippen LogP contribution in [-0.2, 0) is 0 Å². The Morgan fingerprint density at radius 1 is 0.971 bits per heavy atom. The molecule has 1 unspecified atom stereocenters. The average molecular weight is 447 g/mol. The van der Waals surface area contributed by atoms with Crippen LogP contribution in [0.2, 0.25) is 0 Å². The number of nitrogens with zero attached hydrogens (tertiary/aromatic N) is 3. The van der Waals surface area contributed by atoms with Gasteiger partial charge in [-0.1, -0.05) is 54.1 Å². The number of rotatable bonds is 4. The van der Waals surface area contributed by atoms with E-state index >= 15 is 0 Å². The monoisotopic (exact) mass is 446 g/mol. The van der Waals surface area contributed by atoms with Gasteiger partial charge in [0, 0.05) is 10.9 Å². The molecule has 0 aromatic heterocycles. The summed E-state index contributed by atoms with van der Waals surface area (Å²) in [6, 6.07) is 27.6.